The highest BCUT2D eigenvalue weighted by atomic mass is 127. The van der Waals surface area contributed by atoms with Crippen LogP contribution in [0.2, 0.25) is 0 Å². The van der Waals surface area contributed by atoms with Gasteiger partial charge in [-0.05, 0) is 66.8 Å². The molecule has 3 rings (SSSR count). The highest BCUT2D eigenvalue weighted by Crippen LogP contribution is 2.26. The Balaban J connectivity index is 2.18. The Morgan fingerprint density at radius 1 is 1.27 bits per heavy atom. The van der Waals surface area contributed by atoms with Crippen LogP contribution in [0.25, 0.3) is 16.6 Å². The standard InChI is InChI=1S/C19H17IN2O3S/c1-3-25-18(24)12(2)26-19-21-16-10-9-13(20)11-15(16)17(23)22(19)14-7-5-4-6-8-14/h4-12H,3H2,1-2H3/t12-/m1/s1. The number of carbonyl (C=O) groups is 1. The summed E-state index contributed by atoms with van der Waals surface area (Å²) in [6, 6.07) is 14.9. The molecule has 134 valence electrons. The molecule has 5 nitrogen and oxygen atoms in total. The Hall–Kier alpha value is -1.87. The summed E-state index contributed by atoms with van der Waals surface area (Å²) in [4.78, 5) is 29.8. The molecule has 1 aromatic heterocycles. The van der Waals surface area contributed by atoms with Crippen molar-refractivity contribution in [3.05, 3.63) is 62.5 Å². The number of esters is 1. The summed E-state index contributed by atoms with van der Waals surface area (Å²) in [6.45, 7) is 3.84. The lowest BCUT2D eigenvalue weighted by atomic mass is 10.2. The SMILES string of the molecule is CCOC(=O)[C@@H](C)Sc1nc2ccc(I)cc2c(=O)n1-c1ccccc1. The zero-order valence-electron chi connectivity index (χ0n) is 14.3. The molecule has 0 amide bonds. The van der Waals surface area contributed by atoms with E-state index in [1.54, 1.807) is 18.4 Å². The molecule has 0 fully saturated rings. The van der Waals surface area contributed by atoms with E-state index < -0.39 is 5.25 Å². The van der Waals surface area contributed by atoms with E-state index in [9.17, 15) is 9.59 Å². The topological polar surface area (TPSA) is 61.2 Å². The fraction of sp³-hybridized carbons (Fsp3) is 0.211. The Bertz CT molecular complexity index is 1000. The molecule has 0 saturated carbocycles. The lowest BCUT2D eigenvalue weighted by Crippen LogP contribution is -2.24. The molecule has 0 unspecified atom stereocenters. The van der Waals surface area contributed by atoms with Crippen LogP contribution in [-0.4, -0.2) is 27.4 Å². The van der Waals surface area contributed by atoms with E-state index in [2.05, 4.69) is 27.6 Å². The van der Waals surface area contributed by atoms with Crippen molar-refractivity contribution in [3.63, 3.8) is 0 Å². The average molecular weight is 480 g/mol. The van der Waals surface area contributed by atoms with Crippen molar-refractivity contribution >= 4 is 51.2 Å². The Labute approximate surface area is 168 Å². The molecule has 1 atom stereocenters. The van der Waals surface area contributed by atoms with Gasteiger partial charge in [0.2, 0.25) is 0 Å². The molecule has 0 aliphatic heterocycles. The first-order valence-corrected chi connectivity index (χ1v) is 10.1. The fourth-order valence-corrected chi connectivity index (χ4v) is 3.90. The van der Waals surface area contributed by atoms with Crippen LogP contribution in [-0.2, 0) is 9.53 Å². The number of benzene rings is 2. The van der Waals surface area contributed by atoms with Crippen molar-refractivity contribution in [3.8, 4) is 5.69 Å². The summed E-state index contributed by atoms with van der Waals surface area (Å²) in [6.07, 6.45) is 0. The predicted molar refractivity (Wildman–Crippen MR) is 112 cm³/mol. The first-order valence-electron chi connectivity index (χ1n) is 8.12. The number of fused-ring (bicyclic) bond motifs is 1. The molecule has 0 bridgehead atoms. The van der Waals surface area contributed by atoms with Gasteiger partial charge < -0.3 is 4.74 Å². The van der Waals surface area contributed by atoms with Crippen molar-refractivity contribution < 1.29 is 9.53 Å². The molecule has 7 heteroatoms. The van der Waals surface area contributed by atoms with Crippen LogP contribution in [0.3, 0.4) is 0 Å². The highest BCUT2D eigenvalue weighted by Gasteiger charge is 2.21. The minimum Gasteiger partial charge on any atom is -0.465 e. The summed E-state index contributed by atoms with van der Waals surface area (Å²) in [7, 11) is 0. The minimum atomic E-state index is -0.474. The Morgan fingerprint density at radius 2 is 2.00 bits per heavy atom. The first-order chi connectivity index (χ1) is 12.5. The fourth-order valence-electron chi connectivity index (χ4n) is 2.49. The number of aromatic nitrogens is 2. The second-order valence-electron chi connectivity index (χ2n) is 5.54. The van der Waals surface area contributed by atoms with Gasteiger partial charge in [0.05, 0.1) is 23.2 Å². The van der Waals surface area contributed by atoms with Gasteiger partial charge in [-0.2, -0.15) is 0 Å². The number of rotatable bonds is 5. The monoisotopic (exact) mass is 480 g/mol. The number of ether oxygens (including phenoxy) is 1. The zero-order chi connectivity index (χ0) is 18.7. The number of hydrogen-bond donors (Lipinski definition) is 0. The van der Waals surface area contributed by atoms with Crippen molar-refractivity contribution in [2.45, 2.75) is 24.3 Å². The lowest BCUT2D eigenvalue weighted by molar-refractivity contribution is -0.142. The first kappa shape index (κ1) is 18.9. The highest BCUT2D eigenvalue weighted by molar-refractivity contribution is 14.1. The van der Waals surface area contributed by atoms with Gasteiger partial charge in [-0.15, -0.1) is 0 Å². The largest absolute Gasteiger partial charge is 0.465 e. The molecule has 0 saturated heterocycles. The minimum absolute atomic E-state index is 0.154. The third-order valence-corrected chi connectivity index (χ3v) is 5.42. The van der Waals surface area contributed by atoms with E-state index in [4.69, 9.17) is 4.74 Å². The van der Waals surface area contributed by atoms with E-state index >= 15 is 0 Å². The van der Waals surface area contributed by atoms with Crippen molar-refractivity contribution in [2.24, 2.45) is 0 Å². The van der Waals surface area contributed by atoms with Crippen LogP contribution in [0, 0.1) is 3.57 Å². The molecule has 1 heterocycles. The van der Waals surface area contributed by atoms with Gasteiger partial charge in [0.1, 0.15) is 5.25 Å². The number of para-hydroxylation sites is 1. The summed E-state index contributed by atoms with van der Waals surface area (Å²) in [5.41, 5.74) is 1.17. The average Bonchev–Trinajstić information content (AvgIpc) is 2.63. The number of carbonyl (C=O) groups excluding carboxylic acids is 1. The number of nitrogens with zero attached hydrogens (tertiary/aromatic N) is 2. The second-order valence-corrected chi connectivity index (χ2v) is 8.10. The quantitative estimate of drug-likeness (QED) is 0.239. The maximum Gasteiger partial charge on any atom is 0.319 e. The number of hydrogen-bond acceptors (Lipinski definition) is 5. The van der Waals surface area contributed by atoms with E-state index in [1.807, 2.05) is 48.5 Å². The lowest BCUT2D eigenvalue weighted by Gasteiger charge is -2.16. The van der Waals surface area contributed by atoms with E-state index in [-0.39, 0.29) is 11.5 Å². The summed E-state index contributed by atoms with van der Waals surface area (Å²) in [5, 5.41) is 0.544. The molecule has 0 aliphatic rings. The van der Waals surface area contributed by atoms with Gasteiger partial charge in [-0.1, -0.05) is 30.0 Å². The second kappa shape index (κ2) is 8.22. The van der Waals surface area contributed by atoms with Gasteiger partial charge in [0.15, 0.2) is 5.16 Å². The van der Waals surface area contributed by atoms with Crippen LogP contribution in [0.1, 0.15) is 13.8 Å². The third kappa shape index (κ3) is 3.93. The molecule has 0 spiro atoms. The summed E-state index contributed by atoms with van der Waals surface area (Å²) < 4.78 is 7.60. The van der Waals surface area contributed by atoms with E-state index in [1.165, 1.54) is 11.8 Å². The zero-order valence-corrected chi connectivity index (χ0v) is 17.3. The molecule has 2 aromatic carbocycles. The normalized spacial score (nSPS) is 12.1. The van der Waals surface area contributed by atoms with E-state index in [0.717, 1.165) is 3.57 Å². The van der Waals surface area contributed by atoms with Crippen molar-refractivity contribution in [1.82, 2.24) is 9.55 Å². The molecular formula is C19H17IN2O3S. The molecular weight excluding hydrogens is 463 g/mol. The predicted octanol–water partition coefficient (Wildman–Crippen LogP) is 4.03. The molecule has 26 heavy (non-hydrogen) atoms. The van der Waals surface area contributed by atoms with Gasteiger partial charge in [-0.25, -0.2) is 4.98 Å². The van der Waals surface area contributed by atoms with Crippen LogP contribution in [0.5, 0.6) is 0 Å². The summed E-state index contributed by atoms with van der Waals surface area (Å²) >= 11 is 3.40. The van der Waals surface area contributed by atoms with Crippen molar-refractivity contribution in [2.75, 3.05) is 6.61 Å². The molecule has 0 radical (unpaired) electrons. The smallest absolute Gasteiger partial charge is 0.319 e. The maximum atomic E-state index is 13.2. The van der Waals surface area contributed by atoms with Crippen molar-refractivity contribution in [1.29, 1.82) is 0 Å². The Morgan fingerprint density at radius 3 is 2.69 bits per heavy atom. The van der Waals surface area contributed by atoms with Gasteiger partial charge in [-0.3, -0.25) is 14.2 Å². The van der Waals surface area contributed by atoms with Crippen LogP contribution in [0.4, 0.5) is 0 Å². The van der Waals surface area contributed by atoms with Crippen LogP contribution in [0.15, 0.2) is 58.5 Å². The molecule has 0 aliphatic carbocycles. The Kier molecular flexibility index (Phi) is 5.98. The number of thioether (sulfide) groups is 1. The van der Waals surface area contributed by atoms with Crippen LogP contribution < -0.4 is 5.56 Å². The summed E-state index contributed by atoms with van der Waals surface area (Å²) in [5.74, 6) is -0.325. The number of halogens is 1. The third-order valence-electron chi connectivity index (χ3n) is 3.71. The molecule has 0 N–H and O–H groups in total. The van der Waals surface area contributed by atoms with Crippen LogP contribution >= 0.6 is 34.4 Å². The molecule has 3 aromatic rings. The maximum absolute atomic E-state index is 13.2. The van der Waals surface area contributed by atoms with Gasteiger partial charge in [0, 0.05) is 3.57 Å². The van der Waals surface area contributed by atoms with Gasteiger partial charge in [0.25, 0.3) is 5.56 Å². The van der Waals surface area contributed by atoms with E-state index in [0.29, 0.717) is 28.4 Å². The van der Waals surface area contributed by atoms with Gasteiger partial charge >= 0.3 is 5.97 Å².